The second-order valence-corrected chi connectivity index (χ2v) is 4.02. The molecule has 0 aliphatic carbocycles. The molecule has 1 rings (SSSR count). The summed E-state index contributed by atoms with van der Waals surface area (Å²) in [6.45, 7) is 3.80. The Labute approximate surface area is 99.2 Å². The van der Waals surface area contributed by atoms with Crippen molar-refractivity contribution >= 4 is 12.4 Å². The van der Waals surface area contributed by atoms with E-state index >= 15 is 0 Å². The third kappa shape index (κ3) is 3.68. The first-order valence-corrected chi connectivity index (χ1v) is 4.81. The minimum atomic E-state index is -0.925. The van der Waals surface area contributed by atoms with Crippen LogP contribution in [0.3, 0.4) is 0 Å². The molecule has 0 bridgehead atoms. The standard InChI is InChI=1S/C11H14F3N.ClH/c1-6(2)3-10(15)11-8(13)4-7(12)5-9(11)14;/h4-6,10H,3,15H2,1-2H3;1H/t10-;/m1./s1. The molecule has 0 saturated heterocycles. The van der Waals surface area contributed by atoms with Crippen molar-refractivity contribution in [3.05, 3.63) is 35.1 Å². The summed E-state index contributed by atoms with van der Waals surface area (Å²) in [5.41, 5.74) is 5.41. The lowest BCUT2D eigenvalue weighted by molar-refractivity contribution is 0.455. The number of hydrogen-bond donors (Lipinski definition) is 1. The van der Waals surface area contributed by atoms with Crippen LogP contribution in [-0.4, -0.2) is 0 Å². The van der Waals surface area contributed by atoms with E-state index in [4.69, 9.17) is 5.73 Å². The second-order valence-electron chi connectivity index (χ2n) is 4.02. The smallest absolute Gasteiger partial charge is 0.133 e. The lowest BCUT2D eigenvalue weighted by atomic mass is 9.97. The van der Waals surface area contributed by atoms with Gasteiger partial charge in [0.15, 0.2) is 0 Å². The summed E-state index contributed by atoms with van der Waals surface area (Å²) < 4.78 is 39.1. The van der Waals surface area contributed by atoms with Crippen LogP contribution in [0.15, 0.2) is 12.1 Å². The molecule has 0 saturated carbocycles. The molecule has 1 atom stereocenters. The first-order chi connectivity index (χ1) is 6.91. The van der Waals surface area contributed by atoms with Crippen molar-refractivity contribution in [3.8, 4) is 0 Å². The van der Waals surface area contributed by atoms with Crippen molar-refractivity contribution in [1.29, 1.82) is 0 Å². The van der Waals surface area contributed by atoms with Gasteiger partial charge in [0.2, 0.25) is 0 Å². The van der Waals surface area contributed by atoms with Gasteiger partial charge in [-0.25, -0.2) is 13.2 Å². The monoisotopic (exact) mass is 253 g/mol. The predicted octanol–water partition coefficient (Wildman–Crippen LogP) is 3.57. The number of benzene rings is 1. The van der Waals surface area contributed by atoms with E-state index < -0.39 is 23.5 Å². The van der Waals surface area contributed by atoms with E-state index in [1.54, 1.807) is 0 Å². The van der Waals surface area contributed by atoms with Crippen LogP contribution >= 0.6 is 12.4 Å². The minimum absolute atomic E-state index is 0. The van der Waals surface area contributed by atoms with Crippen LogP contribution < -0.4 is 5.73 Å². The molecule has 0 spiro atoms. The van der Waals surface area contributed by atoms with E-state index in [2.05, 4.69) is 0 Å². The highest BCUT2D eigenvalue weighted by Crippen LogP contribution is 2.24. The van der Waals surface area contributed by atoms with E-state index in [9.17, 15) is 13.2 Å². The third-order valence-corrected chi connectivity index (χ3v) is 2.14. The molecule has 2 N–H and O–H groups in total. The van der Waals surface area contributed by atoms with Crippen LogP contribution in [0.4, 0.5) is 13.2 Å². The van der Waals surface area contributed by atoms with Crippen LogP contribution in [-0.2, 0) is 0 Å². The molecule has 16 heavy (non-hydrogen) atoms. The second kappa shape index (κ2) is 6.11. The summed E-state index contributed by atoms with van der Waals surface area (Å²) >= 11 is 0. The molecule has 0 heterocycles. The van der Waals surface area contributed by atoms with Gasteiger partial charge in [0.25, 0.3) is 0 Å². The van der Waals surface area contributed by atoms with E-state index in [0.717, 1.165) is 0 Å². The molecule has 0 aromatic heterocycles. The summed E-state index contributed by atoms with van der Waals surface area (Å²) in [6, 6.07) is 0.572. The van der Waals surface area contributed by atoms with E-state index in [1.165, 1.54) is 0 Å². The average Bonchev–Trinajstić information content (AvgIpc) is 1.99. The van der Waals surface area contributed by atoms with Crippen LogP contribution in [0.2, 0.25) is 0 Å². The van der Waals surface area contributed by atoms with Crippen molar-refractivity contribution in [1.82, 2.24) is 0 Å². The number of rotatable bonds is 3. The molecule has 5 heteroatoms. The van der Waals surface area contributed by atoms with Gasteiger partial charge in [0.1, 0.15) is 17.5 Å². The Morgan fingerprint density at radius 1 is 1.12 bits per heavy atom. The summed E-state index contributed by atoms with van der Waals surface area (Å²) in [5.74, 6) is -2.53. The lowest BCUT2D eigenvalue weighted by Gasteiger charge is -2.15. The van der Waals surface area contributed by atoms with Gasteiger partial charge in [-0.05, 0) is 12.3 Å². The van der Waals surface area contributed by atoms with Crippen molar-refractivity contribution in [2.45, 2.75) is 26.3 Å². The zero-order valence-electron chi connectivity index (χ0n) is 9.14. The zero-order valence-corrected chi connectivity index (χ0v) is 9.95. The van der Waals surface area contributed by atoms with Crippen LogP contribution in [0.5, 0.6) is 0 Å². The molecule has 0 aliphatic heterocycles. The highest BCUT2D eigenvalue weighted by atomic mass is 35.5. The molecule has 0 aliphatic rings. The third-order valence-electron chi connectivity index (χ3n) is 2.14. The van der Waals surface area contributed by atoms with Crippen molar-refractivity contribution < 1.29 is 13.2 Å². The number of hydrogen-bond acceptors (Lipinski definition) is 1. The highest BCUT2D eigenvalue weighted by Gasteiger charge is 2.18. The van der Waals surface area contributed by atoms with E-state index in [1.807, 2.05) is 13.8 Å². The van der Waals surface area contributed by atoms with Gasteiger partial charge in [-0.2, -0.15) is 0 Å². The molecule has 1 aromatic carbocycles. The maximum atomic E-state index is 13.3. The van der Waals surface area contributed by atoms with E-state index in [0.29, 0.717) is 18.6 Å². The van der Waals surface area contributed by atoms with E-state index in [-0.39, 0.29) is 23.9 Å². The van der Waals surface area contributed by atoms with Gasteiger partial charge in [-0.1, -0.05) is 13.8 Å². The Balaban J connectivity index is 0.00000225. The molecular weight excluding hydrogens is 239 g/mol. The first-order valence-electron chi connectivity index (χ1n) is 4.81. The Bertz CT molecular complexity index is 332. The first kappa shape index (κ1) is 15.3. The SMILES string of the molecule is CC(C)C[C@@H](N)c1c(F)cc(F)cc1F.Cl. The largest absolute Gasteiger partial charge is 0.324 e. The van der Waals surface area contributed by atoms with Crippen LogP contribution in [0.25, 0.3) is 0 Å². The molecule has 92 valence electrons. The summed E-state index contributed by atoms with van der Waals surface area (Å²) in [5, 5.41) is 0. The topological polar surface area (TPSA) is 26.0 Å². The van der Waals surface area contributed by atoms with Gasteiger partial charge >= 0.3 is 0 Å². The average molecular weight is 254 g/mol. The Morgan fingerprint density at radius 2 is 1.56 bits per heavy atom. The number of halogens is 4. The van der Waals surface area contributed by atoms with Gasteiger partial charge < -0.3 is 5.73 Å². The maximum Gasteiger partial charge on any atom is 0.133 e. The van der Waals surface area contributed by atoms with Gasteiger partial charge in [0, 0.05) is 23.7 Å². The van der Waals surface area contributed by atoms with Crippen molar-refractivity contribution in [2.75, 3.05) is 0 Å². The summed E-state index contributed by atoms with van der Waals surface area (Å²) in [4.78, 5) is 0. The normalized spacial score (nSPS) is 12.4. The van der Waals surface area contributed by atoms with Gasteiger partial charge in [-0.15, -0.1) is 12.4 Å². The molecule has 1 aromatic rings. The quantitative estimate of drug-likeness (QED) is 0.876. The molecule has 0 unspecified atom stereocenters. The zero-order chi connectivity index (χ0) is 11.6. The molecular formula is C11H15ClF3N. The molecule has 0 fully saturated rings. The predicted molar refractivity (Wildman–Crippen MR) is 59.9 cm³/mol. The molecule has 0 amide bonds. The fraction of sp³-hybridized carbons (Fsp3) is 0.455. The Hall–Kier alpha value is -0.740. The Morgan fingerprint density at radius 3 is 1.94 bits per heavy atom. The van der Waals surface area contributed by atoms with Gasteiger partial charge in [0.05, 0.1) is 0 Å². The lowest BCUT2D eigenvalue weighted by Crippen LogP contribution is -2.16. The van der Waals surface area contributed by atoms with Crippen LogP contribution in [0, 0.1) is 23.4 Å². The summed E-state index contributed by atoms with van der Waals surface area (Å²) in [7, 11) is 0. The van der Waals surface area contributed by atoms with Crippen molar-refractivity contribution in [3.63, 3.8) is 0 Å². The van der Waals surface area contributed by atoms with Crippen molar-refractivity contribution in [2.24, 2.45) is 11.7 Å². The minimum Gasteiger partial charge on any atom is -0.324 e. The number of nitrogens with two attached hydrogens (primary N) is 1. The Kier molecular flexibility index (Phi) is 5.83. The molecule has 0 radical (unpaired) electrons. The highest BCUT2D eigenvalue weighted by molar-refractivity contribution is 5.85. The van der Waals surface area contributed by atoms with Crippen LogP contribution in [0.1, 0.15) is 31.9 Å². The fourth-order valence-electron chi connectivity index (χ4n) is 1.53. The maximum absolute atomic E-state index is 13.3. The summed E-state index contributed by atoms with van der Waals surface area (Å²) in [6.07, 6.45) is 0.458. The van der Waals surface area contributed by atoms with Gasteiger partial charge in [-0.3, -0.25) is 0 Å². The fourth-order valence-corrected chi connectivity index (χ4v) is 1.53. The molecule has 1 nitrogen and oxygen atoms in total.